The van der Waals surface area contributed by atoms with Gasteiger partial charge in [-0.3, -0.25) is 4.79 Å². The number of anilines is 1. The third-order valence-corrected chi connectivity index (χ3v) is 3.16. The first-order chi connectivity index (χ1) is 10.3. The Morgan fingerprint density at radius 2 is 1.95 bits per heavy atom. The fraction of sp³-hybridized carbons (Fsp3) is 0.467. The molecule has 1 aromatic rings. The van der Waals surface area contributed by atoms with Crippen LogP contribution in [0.5, 0.6) is 0 Å². The van der Waals surface area contributed by atoms with E-state index in [1.54, 1.807) is 0 Å². The van der Waals surface area contributed by atoms with Crippen molar-refractivity contribution < 1.29 is 18.0 Å². The highest BCUT2D eigenvalue weighted by molar-refractivity contribution is 7.80. The van der Waals surface area contributed by atoms with Crippen molar-refractivity contribution in [1.82, 2.24) is 5.32 Å². The molecule has 1 rings (SSSR count). The molecule has 0 radical (unpaired) electrons. The number of hydrogen-bond donors (Lipinski definition) is 2. The second-order valence-electron chi connectivity index (χ2n) is 4.89. The van der Waals surface area contributed by atoms with Gasteiger partial charge in [0.15, 0.2) is 5.11 Å². The number of unbranched alkanes of at least 4 members (excludes halogenated alkanes) is 3. The molecular weight excluding hydrogens is 313 g/mol. The van der Waals surface area contributed by atoms with E-state index in [1.165, 1.54) is 12.1 Å². The zero-order chi connectivity index (χ0) is 16.6. The lowest BCUT2D eigenvalue weighted by atomic mass is 10.1. The van der Waals surface area contributed by atoms with Gasteiger partial charge in [0.1, 0.15) is 0 Å². The lowest BCUT2D eigenvalue weighted by Gasteiger charge is -2.12. The van der Waals surface area contributed by atoms with Gasteiger partial charge in [0.2, 0.25) is 5.91 Å². The zero-order valence-corrected chi connectivity index (χ0v) is 13.1. The van der Waals surface area contributed by atoms with Crippen LogP contribution in [-0.4, -0.2) is 11.0 Å². The van der Waals surface area contributed by atoms with Gasteiger partial charge in [-0.2, -0.15) is 13.2 Å². The monoisotopic (exact) mass is 332 g/mol. The van der Waals surface area contributed by atoms with Crippen LogP contribution in [0, 0.1) is 0 Å². The molecule has 122 valence electrons. The first-order valence-electron chi connectivity index (χ1n) is 7.11. The van der Waals surface area contributed by atoms with Crippen LogP contribution in [0.1, 0.15) is 44.6 Å². The molecular formula is C15H19F3N2OS. The van der Waals surface area contributed by atoms with Crippen molar-refractivity contribution in [2.45, 2.75) is 45.2 Å². The molecule has 0 heterocycles. The van der Waals surface area contributed by atoms with Crippen LogP contribution in [0.15, 0.2) is 24.3 Å². The van der Waals surface area contributed by atoms with E-state index in [-0.39, 0.29) is 16.7 Å². The van der Waals surface area contributed by atoms with Crippen molar-refractivity contribution in [3.8, 4) is 0 Å². The molecule has 0 aromatic heterocycles. The van der Waals surface area contributed by atoms with Crippen LogP contribution < -0.4 is 10.6 Å². The Morgan fingerprint density at radius 1 is 1.23 bits per heavy atom. The van der Waals surface area contributed by atoms with E-state index in [0.717, 1.165) is 37.8 Å². The molecule has 0 aliphatic rings. The maximum atomic E-state index is 12.6. The van der Waals surface area contributed by atoms with E-state index < -0.39 is 11.7 Å². The van der Waals surface area contributed by atoms with Gasteiger partial charge in [-0.1, -0.05) is 32.3 Å². The lowest BCUT2D eigenvalue weighted by molar-refractivity contribution is -0.137. The van der Waals surface area contributed by atoms with Gasteiger partial charge in [0.25, 0.3) is 0 Å². The van der Waals surface area contributed by atoms with Crippen molar-refractivity contribution >= 4 is 28.9 Å². The van der Waals surface area contributed by atoms with Crippen LogP contribution in [-0.2, 0) is 11.0 Å². The molecule has 1 aromatic carbocycles. The Kier molecular flexibility index (Phi) is 7.31. The number of hydrogen-bond acceptors (Lipinski definition) is 2. The summed E-state index contributed by atoms with van der Waals surface area (Å²) in [6.07, 6.45) is -0.173. The maximum absolute atomic E-state index is 12.6. The molecule has 1 amide bonds. The van der Waals surface area contributed by atoms with Gasteiger partial charge in [-0.25, -0.2) is 0 Å². The van der Waals surface area contributed by atoms with Crippen molar-refractivity contribution in [3.63, 3.8) is 0 Å². The normalized spacial score (nSPS) is 11.1. The summed E-state index contributed by atoms with van der Waals surface area (Å²) in [5, 5.41) is 5.05. The van der Waals surface area contributed by atoms with E-state index in [4.69, 9.17) is 12.2 Å². The van der Waals surface area contributed by atoms with E-state index in [1.807, 2.05) is 0 Å². The standard InChI is InChI=1S/C15H19F3N2OS/c1-2-3-4-5-9-13(21)20-14(22)19-12-8-6-7-11(10-12)15(16,17)18/h6-8,10H,2-5,9H2,1H3,(H2,19,20,21,22). The fourth-order valence-corrected chi connectivity index (χ4v) is 2.07. The quantitative estimate of drug-likeness (QED) is 0.596. The summed E-state index contributed by atoms with van der Waals surface area (Å²) in [5.74, 6) is -0.236. The second kappa shape index (κ2) is 8.73. The largest absolute Gasteiger partial charge is 0.416 e. The number of carbonyl (C=O) groups is 1. The third kappa shape index (κ3) is 6.89. The molecule has 0 unspecified atom stereocenters. The van der Waals surface area contributed by atoms with Crippen LogP contribution in [0.4, 0.5) is 18.9 Å². The summed E-state index contributed by atoms with van der Waals surface area (Å²) < 4.78 is 37.8. The first kappa shape index (κ1) is 18.4. The van der Waals surface area contributed by atoms with Gasteiger partial charge >= 0.3 is 6.18 Å². The summed E-state index contributed by atoms with van der Waals surface area (Å²) in [7, 11) is 0. The van der Waals surface area contributed by atoms with Gasteiger partial charge in [0.05, 0.1) is 5.56 Å². The first-order valence-corrected chi connectivity index (χ1v) is 7.52. The van der Waals surface area contributed by atoms with E-state index in [0.29, 0.717) is 6.42 Å². The molecule has 0 saturated heterocycles. The number of nitrogens with one attached hydrogen (secondary N) is 2. The maximum Gasteiger partial charge on any atom is 0.416 e. The molecule has 7 heteroatoms. The Balaban J connectivity index is 2.46. The van der Waals surface area contributed by atoms with Crippen molar-refractivity contribution in [2.75, 3.05) is 5.32 Å². The number of amides is 1. The highest BCUT2D eigenvalue weighted by Crippen LogP contribution is 2.30. The van der Waals surface area contributed by atoms with Crippen LogP contribution in [0.25, 0.3) is 0 Å². The smallest absolute Gasteiger partial charge is 0.332 e. The molecule has 2 N–H and O–H groups in total. The van der Waals surface area contributed by atoms with Crippen LogP contribution in [0.2, 0.25) is 0 Å². The zero-order valence-electron chi connectivity index (χ0n) is 12.3. The fourth-order valence-electron chi connectivity index (χ4n) is 1.84. The highest BCUT2D eigenvalue weighted by Gasteiger charge is 2.30. The van der Waals surface area contributed by atoms with Crippen molar-refractivity contribution in [2.24, 2.45) is 0 Å². The van der Waals surface area contributed by atoms with Crippen molar-refractivity contribution in [3.05, 3.63) is 29.8 Å². The Labute approximate surface area is 133 Å². The van der Waals surface area contributed by atoms with E-state index >= 15 is 0 Å². The molecule has 0 aliphatic carbocycles. The van der Waals surface area contributed by atoms with Gasteiger partial charge < -0.3 is 10.6 Å². The molecule has 0 atom stereocenters. The summed E-state index contributed by atoms with van der Waals surface area (Å²) in [6, 6.07) is 4.65. The number of halogens is 3. The topological polar surface area (TPSA) is 41.1 Å². The minimum Gasteiger partial charge on any atom is -0.332 e. The third-order valence-electron chi connectivity index (χ3n) is 2.96. The molecule has 0 fully saturated rings. The SMILES string of the molecule is CCCCCCC(=O)NC(=S)Nc1cccc(C(F)(F)F)c1. The minimum atomic E-state index is -4.41. The highest BCUT2D eigenvalue weighted by atomic mass is 32.1. The number of thiocarbonyl (C=S) groups is 1. The molecule has 0 spiro atoms. The number of benzene rings is 1. The average Bonchev–Trinajstić information content (AvgIpc) is 2.43. The number of rotatable bonds is 6. The second-order valence-corrected chi connectivity index (χ2v) is 5.30. The molecule has 22 heavy (non-hydrogen) atoms. The molecule has 3 nitrogen and oxygen atoms in total. The molecule has 0 saturated carbocycles. The summed E-state index contributed by atoms with van der Waals surface area (Å²) in [4.78, 5) is 11.6. The summed E-state index contributed by atoms with van der Waals surface area (Å²) in [6.45, 7) is 2.08. The Morgan fingerprint density at radius 3 is 2.59 bits per heavy atom. The Hall–Kier alpha value is -1.63. The van der Waals surface area contributed by atoms with Gasteiger partial charge in [-0.05, 0) is 36.8 Å². The number of alkyl halides is 3. The molecule has 0 aliphatic heterocycles. The predicted molar refractivity (Wildman–Crippen MR) is 84.6 cm³/mol. The summed E-state index contributed by atoms with van der Waals surface area (Å²) >= 11 is 4.93. The Bertz CT molecular complexity index is 518. The van der Waals surface area contributed by atoms with Gasteiger partial charge in [0, 0.05) is 12.1 Å². The van der Waals surface area contributed by atoms with Crippen LogP contribution >= 0.6 is 12.2 Å². The predicted octanol–water partition coefficient (Wildman–Crippen LogP) is 4.49. The van der Waals surface area contributed by atoms with Gasteiger partial charge in [-0.15, -0.1) is 0 Å². The number of carbonyl (C=O) groups excluding carboxylic acids is 1. The van der Waals surface area contributed by atoms with Crippen molar-refractivity contribution in [1.29, 1.82) is 0 Å². The molecule has 0 bridgehead atoms. The van der Waals surface area contributed by atoms with E-state index in [2.05, 4.69) is 17.6 Å². The van der Waals surface area contributed by atoms with E-state index in [9.17, 15) is 18.0 Å². The average molecular weight is 332 g/mol. The summed E-state index contributed by atoms with van der Waals surface area (Å²) in [5.41, 5.74) is -0.586. The van der Waals surface area contributed by atoms with Crippen LogP contribution in [0.3, 0.4) is 0 Å². The lowest BCUT2D eigenvalue weighted by Crippen LogP contribution is -2.33. The minimum absolute atomic E-state index is 0.000170.